The molecule has 80 valence electrons. The monoisotopic (exact) mass is 202 g/mol. The topological polar surface area (TPSA) is 83.8 Å². The molecular formula is C9H14O5. The number of carboxylic acid groups (broad SMARTS) is 2. The number of hydrogen-bond acceptors (Lipinski definition) is 3. The number of rotatable bonds is 2. The van der Waals surface area contributed by atoms with E-state index >= 15 is 0 Å². The average Bonchev–Trinajstić information content (AvgIpc) is 2.19. The van der Waals surface area contributed by atoms with Crippen molar-refractivity contribution in [2.24, 2.45) is 11.8 Å². The van der Waals surface area contributed by atoms with E-state index in [2.05, 4.69) is 0 Å². The van der Waals surface area contributed by atoms with E-state index < -0.39 is 35.5 Å². The van der Waals surface area contributed by atoms with E-state index in [9.17, 15) is 9.59 Å². The molecule has 0 spiro atoms. The fourth-order valence-electron chi connectivity index (χ4n) is 2.12. The Kier molecular flexibility index (Phi) is 2.54. The summed E-state index contributed by atoms with van der Waals surface area (Å²) in [6.07, 6.45) is -0.566. The van der Waals surface area contributed by atoms with Gasteiger partial charge in [-0.25, -0.2) is 0 Å². The zero-order valence-corrected chi connectivity index (χ0v) is 8.35. The minimum Gasteiger partial charge on any atom is -0.481 e. The van der Waals surface area contributed by atoms with Crippen LogP contribution in [0.2, 0.25) is 0 Å². The molecule has 0 bridgehead atoms. The number of aliphatic carboxylic acids is 2. The third kappa shape index (κ3) is 1.59. The molecule has 1 aliphatic rings. The van der Waals surface area contributed by atoms with Crippen LogP contribution in [0.4, 0.5) is 0 Å². The maximum Gasteiger partial charge on any atom is 0.310 e. The van der Waals surface area contributed by atoms with E-state index in [0.717, 1.165) is 0 Å². The molecule has 0 radical (unpaired) electrons. The number of carboxylic acids is 2. The minimum atomic E-state index is -1.12. The van der Waals surface area contributed by atoms with Gasteiger partial charge in [0.25, 0.3) is 0 Å². The Hall–Kier alpha value is -1.10. The molecule has 3 atom stereocenters. The van der Waals surface area contributed by atoms with Crippen LogP contribution in [0.25, 0.3) is 0 Å². The molecule has 2 unspecified atom stereocenters. The predicted octanol–water partition coefficient (Wildman–Crippen LogP) is 0.585. The summed E-state index contributed by atoms with van der Waals surface area (Å²) in [7, 11) is 0. The first kappa shape index (κ1) is 11.0. The Bertz CT molecular complexity index is 270. The molecule has 1 saturated heterocycles. The second-order valence-electron chi connectivity index (χ2n) is 4.11. The smallest absolute Gasteiger partial charge is 0.310 e. The Morgan fingerprint density at radius 1 is 1.21 bits per heavy atom. The van der Waals surface area contributed by atoms with E-state index in [4.69, 9.17) is 14.9 Å². The highest BCUT2D eigenvalue weighted by atomic mass is 16.5. The summed E-state index contributed by atoms with van der Waals surface area (Å²) in [6, 6.07) is 0. The van der Waals surface area contributed by atoms with Crippen molar-refractivity contribution in [1.82, 2.24) is 0 Å². The van der Waals surface area contributed by atoms with Crippen LogP contribution in [0, 0.1) is 11.8 Å². The van der Waals surface area contributed by atoms with Crippen molar-refractivity contribution in [3.8, 4) is 0 Å². The SMILES string of the molecule is C[C@H]1OC(C)(C)C(C(=O)O)C1C(=O)O. The summed E-state index contributed by atoms with van der Waals surface area (Å²) >= 11 is 0. The van der Waals surface area contributed by atoms with Gasteiger partial charge >= 0.3 is 11.9 Å². The lowest BCUT2D eigenvalue weighted by Crippen LogP contribution is -2.39. The van der Waals surface area contributed by atoms with Gasteiger partial charge in [-0.3, -0.25) is 9.59 Å². The largest absolute Gasteiger partial charge is 0.481 e. The third-order valence-electron chi connectivity index (χ3n) is 2.65. The van der Waals surface area contributed by atoms with Crippen molar-refractivity contribution in [2.45, 2.75) is 32.5 Å². The van der Waals surface area contributed by atoms with Crippen molar-refractivity contribution in [1.29, 1.82) is 0 Å². The Labute approximate surface area is 81.7 Å². The maximum atomic E-state index is 10.9. The van der Waals surface area contributed by atoms with Crippen LogP contribution in [-0.2, 0) is 14.3 Å². The van der Waals surface area contributed by atoms with E-state index in [1.807, 2.05) is 0 Å². The van der Waals surface area contributed by atoms with Gasteiger partial charge in [-0.15, -0.1) is 0 Å². The summed E-state index contributed by atoms with van der Waals surface area (Å²) in [5, 5.41) is 17.8. The number of ether oxygens (including phenoxy) is 1. The van der Waals surface area contributed by atoms with Crippen molar-refractivity contribution in [3.63, 3.8) is 0 Å². The van der Waals surface area contributed by atoms with Crippen LogP contribution in [0.3, 0.4) is 0 Å². The first-order chi connectivity index (χ1) is 6.27. The quantitative estimate of drug-likeness (QED) is 0.684. The van der Waals surface area contributed by atoms with Gasteiger partial charge in [-0.1, -0.05) is 0 Å². The molecule has 0 aromatic carbocycles. The summed E-state index contributed by atoms with van der Waals surface area (Å²) in [5.41, 5.74) is -0.922. The van der Waals surface area contributed by atoms with Crippen LogP contribution in [0.15, 0.2) is 0 Å². The van der Waals surface area contributed by atoms with Crippen LogP contribution < -0.4 is 0 Å². The molecule has 0 aromatic rings. The molecule has 5 heteroatoms. The first-order valence-corrected chi connectivity index (χ1v) is 4.41. The fourth-order valence-corrected chi connectivity index (χ4v) is 2.12. The highest BCUT2D eigenvalue weighted by molar-refractivity contribution is 5.82. The second-order valence-corrected chi connectivity index (χ2v) is 4.11. The third-order valence-corrected chi connectivity index (χ3v) is 2.65. The van der Waals surface area contributed by atoms with Crippen molar-refractivity contribution in [3.05, 3.63) is 0 Å². The van der Waals surface area contributed by atoms with Crippen molar-refractivity contribution in [2.75, 3.05) is 0 Å². The molecule has 1 rings (SSSR count). The molecule has 0 aromatic heterocycles. The number of carbonyl (C=O) groups is 2. The molecule has 1 aliphatic heterocycles. The zero-order valence-electron chi connectivity index (χ0n) is 8.35. The molecular weight excluding hydrogens is 188 g/mol. The van der Waals surface area contributed by atoms with Gasteiger partial charge in [-0.2, -0.15) is 0 Å². The molecule has 14 heavy (non-hydrogen) atoms. The predicted molar refractivity (Wildman–Crippen MR) is 46.9 cm³/mol. The Morgan fingerprint density at radius 2 is 1.71 bits per heavy atom. The van der Waals surface area contributed by atoms with E-state index in [1.165, 1.54) is 0 Å². The van der Waals surface area contributed by atoms with Gasteiger partial charge in [0.2, 0.25) is 0 Å². The van der Waals surface area contributed by atoms with Gasteiger partial charge in [0.1, 0.15) is 5.92 Å². The maximum absolute atomic E-state index is 10.9. The molecule has 2 N–H and O–H groups in total. The van der Waals surface area contributed by atoms with Crippen LogP contribution in [-0.4, -0.2) is 33.9 Å². The minimum absolute atomic E-state index is 0.566. The lowest BCUT2D eigenvalue weighted by atomic mass is 9.81. The average molecular weight is 202 g/mol. The molecule has 0 saturated carbocycles. The second kappa shape index (κ2) is 3.24. The summed E-state index contributed by atoms with van der Waals surface area (Å²) in [6.45, 7) is 4.79. The Morgan fingerprint density at radius 3 is 2.00 bits per heavy atom. The fraction of sp³-hybridized carbons (Fsp3) is 0.778. The van der Waals surface area contributed by atoms with Crippen molar-refractivity contribution >= 4 is 11.9 Å². The highest BCUT2D eigenvalue weighted by Gasteiger charge is 2.54. The van der Waals surface area contributed by atoms with Gasteiger partial charge in [0.05, 0.1) is 17.6 Å². The lowest BCUT2D eigenvalue weighted by Gasteiger charge is -2.23. The first-order valence-electron chi connectivity index (χ1n) is 4.41. The van der Waals surface area contributed by atoms with Crippen LogP contribution in [0.5, 0.6) is 0 Å². The van der Waals surface area contributed by atoms with Crippen LogP contribution >= 0.6 is 0 Å². The molecule has 1 heterocycles. The van der Waals surface area contributed by atoms with Gasteiger partial charge in [0, 0.05) is 0 Å². The number of hydrogen-bond donors (Lipinski definition) is 2. The normalized spacial score (nSPS) is 35.5. The van der Waals surface area contributed by atoms with Crippen molar-refractivity contribution < 1.29 is 24.5 Å². The summed E-state index contributed by atoms with van der Waals surface area (Å²) in [4.78, 5) is 21.8. The zero-order chi connectivity index (χ0) is 11.1. The lowest BCUT2D eigenvalue weighted by molar-refractivity contribution is -0.154. The van der Waals surface area contributed by atoms with Gasteiger partial charge < -0.3 is 14.9 Å². The Balaban J connectivity index is 3.05. The molecule has 0 aliphatic carbocycles. The van der Waals surface area contributed by atoms with E-state index in [-0.39, 0.29) is 0 Å². The van der Waals surface area contributed by atoms with E-state index in [1.54, 1.807) is 20.8 Å². The molecule has 5 nitrogen and oxygen atoms in total. The summed E-state index contributed by atoms with van der Waals surface area (Å²) in [5.74, 6) is -4.19. The van der Waals surface area contributed by atoms with Gasteiger partial charge in [0.15, 0.2) is 0 Å². The molecule has 1 fully saturated rings. The standard InChI is InChI=1S/C9H14O5/c1-4-5(7(10)11)6(8(12)13)9(2,3)14-4/h4-6H,1-3H3,(H,10,11)(H,12,13)/t4-,5?,6?/m1/s1. The van der Waals surface area contributed by atoms with E-state index in [0.29, 0.717) is 0 Å². The summed E-state index contributed by atoms with van der Waals surface area (Å²) < 4.78 is 5.33. The molecule has 0 amide bonds. The van der Waals surface area contributed by atoms with Crippen LogP contribution in [0.1, 0.15) is 20.8 Å². The van der Waals surface area contributed by atoms with Gasteiger partial charge in [-0.05, 0) is 20.8 Å². The highest BCUT2D eigenvalue weighted by Crippen LogP contribution is 2.40.